The van der Waals surface area contributed by atoms with Gasteiger partial charge >= 0.3 is 5.97 Å². The third-order valence-electron chi connectivity index (χ3n) is 5.89. The predicted molar refractivity (Wildman–Crippen MR) is 122 cm³/mol. The highest BCUT2D eigenvalue weighted by atomic mass is 16.5. The van der Waals surface area contributed by atoms with Crippen LogP contribution in [-0.2, 0) is 16.6 Å². The van der Waals surface area contributed by atoms with Gasteiger partial charge < -0.3 is 4.74 Å². The summed E-state index contributed by atoms with van der Waals surface area (Å²) < 4.78 is 5.68. The van der Waals surface area contributed by atoms with Gasteiger partial charge in [-0.3, -0.25) is 4.79 Å². The van der Waals surface area contributed by atoms with Crippen LogP contribution < -0.4 is 4.74 Å². The summed E-state index contributed by atoms with van der Waals surface area (Å²) in [5.74, 6) is 0.508. The zero-order valence-corrected chi connectivity index (χ0v) is 16.6. The average molecular weight is 390 g/mol. The molecule has 1 heterocycles. The van der Waals surface area contributed by atoms with Crippen LogP contribution in [0.4, 0.5) is 0 Å². The monoisotopic (exact) mass is 390 g/mol. The van der Waals surface area contributed by atoms with Gasteiger partial charge in [0.05, 0.1) is 0 Å². The van der Waals surface area contributed by atoms with E-state index in [0.717, 1.165) is 16.7 Å². The maximum atomic E-state index is 13.1. The Kier molecular flexibility index (Phi) is 4.68. The third-order valence-corrected chi connectivity index (χ3v) is 5.89. The molecule has 0 aliphatic carbocycles. The number of rotatable bonds is 5. The molecule has 0 saturated carbocycles. The number of carbonyl (C=O) groups excluding carboxylic acids is 1. The molecule has 0 fully saturated rings. The summed E-state index contributed by atoms with van der Waals surface area (Å²) in [6, 6.07) is 32.7. The topological polar surface area (TPSA) is 26.3 Å². The van der Waals surface area contributed by atoms with E-state index >= 15 is 0 Å². The summed E-state index contributed by atoms with van der Waals surface area (Å²) in [6.07, 6.45) is 5.42. The van der Waals surface area contributed by atoms with Crippen molar-refractivity contribution in [1.29, 1.82) is 0 Å². The Morgan fingerprint density at radius 1 is 0.767 bits per heavy atom. The lowest BCUT2D eigenvalue weighted by Gasteiger charge is -2.25. The minimum atomic E-state index is -0.703. The SMILES string of the molecule is O=C1Oc2ccccc2[C@]1(C/C=C/c1ccc2ccccc2c1)Cc1ccccc1. The van der Waals surface area contributed by atoms with Crippen molar-refractivity contribution in [3.63, 3.8) is 0 Å². The van der Waals surface area contributed by atoms with Crippen LogP contribution in [0.5, 0.6) is 5.75 Å². The molecule has 0 aromatic heterocycles. The Bertz CT molecular complexity index is 1240. The Balaban J connectivity index is 1.49. The number of hydrogen-bond acceptors (Lipinski definition) is 2. The second-order valence-electron chi connectivity index (χ2n) is 7.84. The lowest BCUT2D eigenvalue weighted by molar-refractivity contribution is -0.138. The average Bonchev–Trinajstić information content (AvgIpc) is 3.06. The van der Waals surface area contributed by atoms with Crippen LogP contribution in [0, 0.1) is 0 Å². The van der Waals surface area contributed by atoms with Gasteiger partial charge in [0.15, 0.2) is 0 Å². The lowest BCUT2D eigenvalue weighted by atomic mass is 9.74. The summed E-state index contributed by atoms with van der Waals surface area (Å²) in [4.78, 5) is 13.1. The van der Waals surface area contributed by atoms with Gasteiger partial charge in [0.2, 0.25) is 0 Å². The van der Waals surface area contributed by atoms with Crippen molar-refractivity contribution < 1.29 is 9.53 Å². The van der Waals surface area contributed by atoms with E-state index in [1.54, 1.807) is 0 Å². The summed E-state index contributed by atoms with van der Waals surface area (Å²) in [7, 11) is 0. The van der Waals surface area contributed by atoms with Crippen LogP contribution in [-0.4, -0.2) is 5.97 Å². The summed E-state index contributed by atoms with van der Waals surface area (Å²) in [5.41, 5.74) is 2.53. The molecule has 4 aromatic carbocycles. The van der Waals surface area contributed by atoms with E-state index in [2.05, 4.69) is 60.7 Å². The number of fused-ring (bicyclic) bond motifs is 2. The first-order chi connectivity index (χ1) is 14.7. The second-order valence-corrected chi connectivity index (χ2v) is 7.84. The number of allylic oxidation sites excluding steroid dienone is 1. The molecule has 4 aromatic rings. The zero-order valence-electron chi connectivity index (χ0n) is 16.6. The third kappa shape index (κ3) is 3.31. The van der Waals surface area contributed by atoms with E-state index in [-0.39, 0.29) is 5.97 Å². The van der Waals surface area contributed by atoms with Crippen molar-refractivity contribution in [2.24, 2.45) is 0 Å². The highest BCUT2D eigenvalue weighted by Gasteiger charge is 2.48. The summed E-state index contributed by atoms with van der Waals surface area (Å²) in [6.45, 7) is 0. The number of carbonyl (C=O) groups is 1. The van der Waals surface area contributed by atoms with Gasteiger partial charge in [0.25, 0.3) is 0 Å². The molecule has 0 unspecified atom stereocenters. The fourth-order valence-electron chi connectivity index (χ4n) is 4.34. The number of esters is 1. The van der Waals surface area contributed by atoms with Crippen LogP contribution in [0.15, 0.2) is 103 Å². The van der Waals surface area contributed by atoms with Crippen molar-refractivity contribution in [3.05, 3.63) is 120 Å². The Labute approximate surface area is 176 Å². The number of para-hydroxylation sites is 1. The van der Waals surface area contributed by atoms with Crippen molar-refractivity contribution in [2.75, 3.05) is 0 Å². The fourth-order valence-corrected chi connectivity index (χ4v) is 4.34. The summed E-state index contributed by atoms with van der Waals surface area (Å²) >= 11 is 0. The molecule has 1 atom stereocenters. The molecule has 0 saturated heterocycles. The number of ether oxygens (including phenoxy) is 1. The number of benzene rings is 4. The molecule has 5 rings (SSSR count). The first-order valence-corrected chi connectivity index (χ1v) is 10.3. The molecule has 0 spiro atoms. The highest BCUT2D eigenvalue weighted by Crippen LogP contribution is 2.44. The van der Waals surface area contributed by atoms with E-state index in [1.165, 1.54) is 10.8 Å². The molecule has 0 radical (unpaired) electrons. The molecule has 0 amide bonds. The van der Waals surface area contributed by atoms with Gasteiger partial charge in [-0.2, -0.15) is 0 Å². The van der Waals surface area contributed by atoms with Gasteiger partial charge in [-0.1, -0.05) is 97.1 Å². The molecule has 146 valence electrons. The first-order valence-electron chi connectivity index (χ1n) is 10.3. The molecule has 0 bridgehead atoms. The first kappa shape index (κ1) is 18.4. The van der Waals surface area contributed by atoms with E-state index in [1.807, 2.05) is 48.5 Å². The maximum Gasteiger partial charge on any atom is 0.322 e. The van der Waals surface area contributed by atoms with Crippen LogP contribution >= 0.6 is 0 Å². The van der Waals surface area contributed by atoms with Crippen LogP contribution in [0.1, 0.15) is 23.1 Å². The van der Waals surface area contributed by atoms with Gasteiger partial charge in [0.1, 0.15) is 11.2 Å². The lowest BCUT2D eigenvalue weighted by Crippen LogP contribution is -2.35. The van der Waals surface area contributed by atoms with Crippen molar-refractivity contribution in [3.8, 4) is 5.75 Å². The minimum Gasteiger partial charge on any atom is -0.426 e. The fraction of sp³-hybridized carbons (Fsp3) is 0.107. The van der Waals surface area contributed by atoms with Gasteiger partial charge in [-0.15, -0.1) is 0 Å². The minimum absolute atomic E-state index is 0.171. The van der Waals surface area contributed by atoms with Crippen molar-refractivity contribution >= 4 is 22.8 Å². The van der Waals surface area contributed by atoms with Gasteiger partial charge in [-0.25, -0.2) is 0 Å². The standard InChI is InChI=1S/C28H22O2/c29-27-28(20-22-9-2-1-3-10-22,25-14-6-7-15-26(25)30-27)18-8-11-21-16-17-23-12-4-5-13-24(23)19-21/h1-17,19H,18,20H2/b11-8+/t28-/m0/s1. The molecular formula is C28H22O2. The Hall–Kier alpha value is -3.65. The molecule has 2 nitrogen and oxygen atoms in total. The largest absolute Gasteiger partial charge is 0.426 e. The van der Waals surface area contributed by atoms with Crippen LogP contribution in [0.3, 0.4) is 0 Å². The van der Waals surface area contributed by atoms with E-state index in [0.29, 0.717) is 18.6 Å². The van der Waals surface area contributed by atoms with Crippen LogP contribution in [0.2, 0.25) is 0 Å². The van der Waals surface area contributed by atoms with E-state index < -0.39 is 5.41 Å². The zero-order chi connectivity index (χ0) is 20.4. The summed E-state index contributed by atoms with van der Waals surface area (Å²) in [5, 5.41) is 2.44. The van der Waals surface area contributed by atoms with Gasteiger partial charge in [-0.05, 0) is 46.9 Å². The van der Waals surface area contributed by atoms with Crippen LogP contribution in [0.25, 0.3) is 16.8 Å². The smallest absolute Gasteiger partial charge is 0.322 e. The molecule has 1 aliphatic rings. The highest BCUT2D eigenvalue weighted by molar-refractivity contribution is 5.91. The molecule has 2 heteroatoms. The quantitative estimate of drug-likeness (QED) is 0.293. The molecule has 0 N–H and O–H groups in total. The molecule has 30 heavy (non-hydrogen) atoms. The molecular weight excluding hydrogens is 368 g/mol. The van der Waals surface area contributed by atoms with E-state index in [4.69, 9.17) is 4.74 Å². The van der Waals surface area contributed by atoms with E-state index in [9.17, 15) is 4.79 Å². The maximum absolute atomic E-state index is 13.1. The Morgan fingerprint density at radius 3 is 2.37 bits per heavy atom. The normalized spacial score (nSPS) is 17.9. The second kappa shape index (κ2) is 7.64. The van der Waals surface area contributed by atoms with Crippen molar-refractivity contribution in [1.82, 2.24) is 0 Å². The predicted octanol–water partition coefficient (Wildman–Crippen LogP) is 6.34. The molecule has 1 aliphatic heterocycles. The number of hydrogen-bond donors (Lipinski definition) is 0. The van der Waals surface area contributed by atoms with Crippen molar-refractivity contribution in [2.45, 2.75) is 18.3 Å². The van der Waals surface area contributed by atoms with Gasteiger partial charge in [0, 0.05) is 5.56 Å². The Morgan fingerprint density at radius 2 is 1.50 bits per heavy atom.